The van der Waals surface area contributed by atoms with Crippen molar-refractivity contribution in [3.63, 3.8) is 0 Å². The molecule has 2 N–H and O–H groups in total. The molecular weight excluding hydrogens is 349 g/mol. The minimum atomic E-state index is -1.17. The molecule has 20 heavy (non-hydrogen) atoms. The standard InChI is InChI=1S/C13H9BrFNO3S/c14-8-4-7(5-9(15)6-8)12(17)16-11(13(18)19)10-2-1-3-20-10/h1-6,11H,(H,16,17)(H,18,19). The summed E-state index contributed by atoms with van der Waals surface area (Å²) < 4.78 is 13.6. The largest absolute Gasteiger partial charge is 0.479 e. The number of aliphatic carboxylic acids is 1. The molecule has 0 aliphatic heterocycles. The molecule has 0 fully saturated rings. The lowest BCUT2D eigenvalue weighted by Crippen LogP contribution is -2.33. The van der Waals surface area contributed by atoms with E-state index in [0.29, 0.717) is 9.35 Å². The maximum atomic E-state index is 13.2. The molecule has 0 aliphatic rings. The van der Waals surface area contributed by atoms with E-state index in [4.69, 9.17) is 5.11 Å². The minimum absolute atomic E-state index is 0.0553. The van der Waals surface area contributed by atoms with Gasteiger partial charge in [-0.1, -0.05) is 22.0 Å². The van der Waals surface area contributed by atoms with E-state index in [9.17, 15) is 14.0 Å². The van der Waals surface area contributed by atoms with Crippen LogP contribution < -0.4 is 5.32 Å². The van der Waals surface area contributed by atoms with Crippen molar-refractivity contribution >= 4 is 39.1 Å². The molecule has 1 amide bonds. The number of thiophene rings is 1. The van der Waals surface area contributed by atoms with Crippen LogP contribution in [0.15, 0.2) is 40.2 Å². The predicted molar refractivity (Wildman–Crippen MR) is 76.3 cm³/mol. The van der Waals surface area contributed by atoms with E-state index >= 15 is 0 Å². The van der Waals surface area contributed by atoms with Crippen LogP contribution in [-0.4, -0.2) is 17.0 Å². The van der Waals surface area contributed by atoms with Gasteiger partial charge in [0.25, 0.3) is 5.91 Å². The molecule has 2 rings (SSSR count). The zero-order valence-corrected chi connectivity index (χ0v) is 12.4. The van der Waals surface area contributed by atoms with E-state index in [1.54, 1.807) is 17.5 Å². The fourth-order valence-electron chi connectivity index (χ4n) is 1.61. The van der Waals surface area contributed by atoms with Gasteiger partial charge in [-0.05, 0) is 29.6 Å². The highest BCUT2D eigenvalue weighted by Gasteiger charge is 2.23. The number of hydrogen-bond donors (Lipinski definition) is 2. The van der Waals surface area contributed by atoms with Crippen LogP contribution in [0.2, 0.25) is 0 Å². The first-order valence-electron chi connectivity index (χ1n) is 5.50. The number of rotatable bonds is 4. The first kappa shape index (κ1) is 14.7. The lowest BCUT2D eigenvalue weighted by Gasteiger charge is -2.13. The number of carboxylic acids is 1. The van der Waals surface area contributed by atoms with Crippen molar-refractivity contribution in [2.24, 2.45) is 0 Å². The SMILES string of the molecule is O=C(NC(C(=O)O)c1cccs1)c1cc(F)cc(Br)c1. The number of carbonyl (C=O) groups is 2. The van der Waals surface area contributed by atoms with Crippen LogP contribution in [0, 0.1) is 5.82 Å². The van der Waals surface area contributed by atoms with Crippen LogP contribution in [0.4, 0.5) is 4.39 Å². The van der Waals surface area contributed by atoms with Crippen LogP contribution in [0.1, 0.15) is 21.3 Å². The third kappa shape index (κ3) is 3.43. The van der Waals surface area contributed by atoms with E-state index in [1.165, 1.54) is 23.5 Å². The van der Waals surface area contributed by atoms with Crippen LogP contribution in [0.3, 0.4) is 0 Å². The van der Waals surface area contributed by atoms with E-state index in [-0.39, 0.29) is 5.56 Å². The second kappa shape index (κ2) is 6.15. The summed E-state index contributed by atoms with van der Waals surface area (Å²) in [5.41, 5.74) is 0.0553. The molecule has 1 unspecified atom stereocenters. The van der Waals surface area contributed by atoms with Crippen LogP contribution in [0.25, 0.3) is 0 Å². The molecule has 0 saturated carbocycles. The molecule has 2 aromatic rings. The normalized spacial score (nSPS) is 11.9. The quantitative estimate of drug-likeness (QED) is 0.882. The average molecular weight is 358 g/mol. The molecule has 0 saturated heterocycles. The Bertz CT molecular complexity index is 625. The van der Waals surface area contributed by atoms with Gasteiger partial charge in [0, 0.05) is 14.9 Å². The van der Waals surface area contributed by atoms with Gasteiger partial charge in [-0.3, -0.25) is 4.79 Å². The van der Waals surface area contributed by atoms with Crippen molar-refractivity contribution in [1.29, 1.82) is 0 Å². The van der Waals surface area contributed by atoms with Crippen LogP contribution in [0.5, 0.6) is 0 Å². The van der Waals surface area contributed by atoms with E-state index in [1.807, 2.05) is 0 Å². The molecule has 0 spiro atoms. The Morgan fingerprint density at radius 1 is 1.35 bits per heavy atom. The molecule has 1 aromatic heterocycles. The Labute approximate surface area is 126 Å². The van der Waals surface area contributed by atoms with Crippen molar-refractivity contribution < 1.29 is 19.1 Å². The summed E-state index contributed by atoms with van der Waals surface area (Å²) >= 11 is 4.30. The number of carboxylic acid groups (broad SMARTS) is 1. The third-order valence-corrected chi connectivity index (χ3v) is 3.87. The zero-order chi connectivity index (χ0) is 14.7. The fourth-order valence-corrected chi connectivity index (χ4v) is 2.84. The number of benzene rings is 1. The van der Waals surface area contributed by atoms with Crippen molar-refractivity contribution in [2.75, 3.05) is 0 Å². The number of carbonyl (C=O) groups excluding carboxylic acids is 1. The second-order valence-electron chi connectivity index (χ2n) is 3.92. The number of amides is 1. The first-order chi connectivity index (χ1) is 9.47. The highest BCUT2D eigenvalue weighted by atomic mass is 79.9. The van der Waals surface area contributed by atoms with E-state index < -0.39 is 23.7 Å². The molecule has 4 nitrogen and oxygen atoms in total. The van der Waals surface area contributed by atoms with Gasteiger partial charge >= 0.3 is 5.97 Å². The van der Waals surface area contributed by atoms with Crippen molar-refractivity contribution in [2.45, 2.75) is 6.04 Å². The van der Waals surface area contributed by atoms with Gasteiger partial charge in [-0.2, -0.15) is 0 Å². The molecule has 1 heterocycles. The molecular formula is C13H9BrFNO3S. The van der Waals surface area contributed by atoms with Crippen LogP contribution >= 0.6 is 27.3 Å². The van der Waals surface area contributed by atoms with Gasteiger partial charge in [0.1, 0.15) is 5.82 Å². The average Bonchev–Trinajstić information content (AvgIpc) is 2.87. The Hall–Kier alpha value is -1.73. The molecule has 0 bridgehead atoms. The lowest BCUT2D eigenvalue weighted by atomic mass is 10.1. The Morgan fingerprint density at radius 2 is 2.10 bits per heavy atom. The van der Waals surface area contributed by atoms with Crippen molar-refractivity contribution in [3.05, 3.63) is 56.4 Å². The third-order valence-electron chi connectivity index (χ3n) is 2.47. The highest BCUT2D eigenvalue weighted by Crippen LogP contribution is 2.21. The molecule has 7 heteroatoms. The summed E-state index contributed by atoms with van der Waals surface area (Å²) in [5, 5.41) is 13.3. The zero-order valence-electron chi connectivity index (χ0n) is 9.97. The maximum Gasteiger partial charge on any atom is 0.331 e. The summed E-state index contributed by atoms with van der Waals surface area (Å²) in [6.45, 7) is 0. The number of hydrogen-bond acceptors (Lipinski definition) is 3. The fraction of sp³-hybridized carbons (Fsp3) is 0.0769. The van der Waals surface area contributed by atoms with Gasteiger partial charge in [0.05, 0.1) is 0 Å². The topological polar surface area (TPSA) is 66.4 Å². The van der Waals surface area contributed by atoms with E-state index in [2.05, 4.69) is 21.2 Å². The number of nitrogens with one attached hydrogen (secondary N) is 1. The van der Waals surface area contributed by atoms with Gasteiger partial charge in [-0.15, -0.1) is 11.3 Å². The summed E-state index contributed by atoms with van der Waals surface area (Å²) in [4.78, 5) is 23.7. The van der Waals surface area contributed by atoms with Gasteiger partial charge < -0.3 is 10.4 Å². The smallest absolute Gasteiger partial charge is 0.331 e. The van der Waals surface area contributed by atoms with Gasteiger partial charge in [0.15, 0.2) is 6.04 Å². The second-order valence-corrected chi connectivity index (χ2v) is 5.81. The summed E-state index contributed by atoms with van der Waals surface area (Å²) in [7, 11) is 0. The maximum absolute atomic E-state index is 13.2. The van der Waals surface area contributed by atoms with Crippen molar-refractivity contribution in [3.8, 4) is 0 Å². The van der Waals surface area contributed by atoms with Crippen LogP contribution in [-0.2, 0) is 4.79 Å². The summed E-state index contributed by atoms with van der Waals surface area (Å²) in [6.07, 6.45) is 0. The Morgan fingerprint density at radius 3 is 2.65 bits per heavy atom. The Kier molecular flexibility index (Phi) is 4.51. The molecule has 0 aliphatic carbocycles. The van der Waals surface area contributed by atoms with Gasteiger partial charge in [-0.25, -0.2) is 9.18 Å². The lowest BCUT2D eigenvalue weighted by molar-refractivity contribution is -0.139. The monoisotopic (exact) mass is 357 g/mol. The molecule has 1 atom stereocenters. The Balaban J connectivity index is 2.23. The number of halogens is 2. The molecule has 1 aromatic carbocycles. The van der Waals surface area contributed by atoms with Gasteiger partial charge in [0.2, 0.25) is 0 Å². The highest BCUT2D eigenvalue weighted by molar-refractivity contribution is 9.10. The molecule has 104 valence electrons. The molecule has 0 radical (unpaired) electrons. The van der Waals surface area contributed by atoms with Crippen molar-refractivity contribution in [1.82, 2.24) is 5.32 Å². The summed E-state index contributed by atoms with van der Waals surface area (Å²) in [6, 6.07) is 5.85. The minimum Gasteiger partial charge on any atom is -0.479 e. The van der Waals surface area contributed by atoms with E-state index in [0.717, 1.165) is 6.07 Å². The first-order valence-corrected chi connectivity index (χ1v) is 7.18. The summed E-state index contributed by atoms with van der Waals surface area (Å²) in [5.74, 6) is -2.39. The predicted octanol–water partition coefficient (Wildman–Crippen LogP) is 3.21.